The number of piperidine rings is 1. The Morgan fingerprint density at radius 1 is 1.23 bits per heavy atom. The summed E-state index contributed by atoms with van der Waals surface area (Å²) >= 11 is 1.43. The van der Waals surface area contributed by atoms with Crippen molar-refractivity contribution in [2.24, 2.45) is 0 Å². The van der Waals surface area contributed by atoms with Gasteiger partial charge in [0.2, 0.25) is 10.8 Å². The lowest BCUT2D eigenvalue weighted by molar-refractivity contribution is -0.121. The molecule has 26 heavy (non-hydrogen) atoms. The van der Waals surface area contributed by atoms with Gasteiger partial charge in [-0.2, -0.15) is 4.52 Å². The predicted molar refractivity (Wildman–Crippen MR) is 97.9 cm³/mol. The van der Waals surface area contributed by atoms with Gasteiger partial charge in [-0.25, -0.2) is 4.98 Å². The molecule has 1 saturated heterocycles. The number of ketones is 1. The molecule has 1 aliphatic rings. The van der Waals surface area contributed by atoms with Crippen molar-refractivity contribution >= 4 is 22.1 Å². The molecule has 0 saturated carbocycles. The van der Waals surface area contributed by atoms with Crippen LogP contribution in [0.4, 0.5) is 0 Å². The third-order valence-corrected chi connectivity index (χ3v) is 5.78. The van der Waals surface area contributed by atoms with Gasteiger partial charge in [0, 0.05) is 25.9 Å². The van der Waals surface area contributed by atoms with Crippen LogP contribution < -0.4 is 4.74 Å². The minimum atomic E-state index is -0.150. The van der Waals surface area contributed by atoms with Gasteiger partial charge in [-0.3, -0.25) is 9.69 Å². The van der Waals surface area contributed by atoms with Crippen LogP contribution in [0.2, 0.25) is 0 Å². The maximum absolute atomic E-state index is 11.7. The number of rotatable bonds is 4. The van der Waals surface area contributed by atoms with Crippen LogP contribution >= 0.6 is 11.3 Å². The fourth-order valence-electron chi connectivity index (χ4n) is 3.37. The highest BCUT2D eigenvalue weighted by molar-refractivity contribution is 7.17. The van der Waals surface area contributed by atoms with E-state index in [0.717, 1.165) is 16.2 Å². The van der Waals surface area contributed by atoms with Crippen molar-refractivity contribution < 1.29 is 14.6 Å². The van der Waals surface area contributed by atoms with E-state index in [1.165, 1.54) is 15.9 Å². The van der Waals surface area contributed by atoms with E-state index in [0.29, 0.717) is 36.7 Å². The summed E-state index contributed by atoms with van der Waals surface area (Å²) in [5.74, 6) is 1.81. The fraction of sp³-hybridized carbons (Fsp3) is 0.389. The van der Waals surface area contributed by atoms with Crippen molar-refractivity contribution in [3.05, 3.63) is 40.5 Å². The molecule has 8 heteroatoms. The van der Waals surface area contributed by atoms with Gasteiger partial charge in [-0.15, -0.1) is 5.10 Å². The lowest BCUT2D eigenvalue weighted by Gasteiger charge is -2.33. The first-order chi connectivity index (χ1) is 12.6. The third kappa shape index (κ3) is 2.95. The number of likely N-dealkylation sites (tertiary alicyclic amines) is 1. The number of aromatic hydroxyl groups is 1. The Balaban J connectivity index is 1.79. The van der Waals surface area contributed by atoms with Crippen molar-refractivity contribution in [1.82, 2.24) is 19.5 Å². The standard InChI is InChI=1S/C18H20N4O3S/c1-11-19-18-22(20-11)17(24)16(26-18)15(21-9-7-13(23)8-10-21)12-3-5-14(25-2)6-4-12/h3-6,15,24H,7-10H2,1-2H3. The van der Waals surface area contributed by atoms with Crippen molar-refractivity contribution in [2.45, 2.75) is 25.8 Å². The van der Waals surface area contributed by atoms with E-state index < -0.39 is 0 Å². The molecule has 3 heterocycles. The summed E-state index contributed by atoms with van der Waals surface area (Å²) in [4.78, 5) is 19.7. The molecule has 0 bridgehead atoms. The van der Waals surface area contributed by atoms with Gasteiger partial charge in [-0.1, -0.05) is 23.5 Å². The third-order valence-electron chi connectivity index (χ3n) is 4.71. The molecule has 7 nitrogen and oxygen atoms in total. The van der Waals surface area contributed by atoms with Crippen LogP contribution in [0.1, 0.15) is 35.1 Å². The zero-order valence-corrected chi connectivity index (χ0v) is 15.5. The van der Waals surface area contributed by atoms with Crippen molar-refractivity contribution in [1.29, 1.82) is 0 Å². The highest BCUT2D eigenvalue weighted by Crippen LogP contribution is 2.40. The Bertz CT molecular complexity index is 937. The van der Waals surface area contributed by atoms with Gasteiger partial charge in [0.1, 0.15) is 17.4 Å². The van der Waals surface area contributed by atoms with Crippen LogP contribution in [0.5, 0.6) is 11.6 Å². The molecular weight excluding hydrogens is 352 g/mol. The second-order valence-electron chi connectivity index (χ2n) is 6.39. The summed E-state index contributed by atoms with van der Waals surface area (Å²) in [5.41, 5.74) is 1.04. The van der Waals surface area contributed by atoms with E-state index in [4.69, 9.17) is 4.74 Å². The number of benzene rings is 1. The Morgan fingerprint density at radius 3 is 2.54 bits per heavy atom. The lowest BCUT2D eigenvalue weighted by atomic mass is 10.00. The number of ether oxygens (including phenoxy) is 1. The number of aryl methyl sites for hydroxylation is 1. The molecule has 1 fully saturated rings. The molecule has 0 spiro atoms. The Morgan fingerprint density at radius 2 is 1.92 bits per heavy atom. The zero-order valence-electron chi connectivity index (χ0n) is 14.7. The molecule has 0 aliphatic carbocycles. The van der Waals surface area contributed by atoms with Gasteiger partial charge in [-0.05, 0) is 24.6 Å². The molecule has 2 aromatic heterocycles. The van der Waals surface area contributed by atoms with Gasteiger partial charge < -0.3 is 9.84 Å². The molecule has 1 aliphatic heterocycles. The van der Waals surface area contributed by atoms with E-state index in [-0.39, 0.29) is 17.7 Å². The van der Waals surface area contributed by atoms with Gasteiger partial charge >= 0.3 is 0 Å². The normalized spacial score (nSPS) is 16.9. The van der Waals surface area contributed by atoms with E-state index in [1.54, 1.807) is 14.0 Å². The number of hydrogen-bond acceptors (Lipinski definition) is 7. The number of carbonyl (C=O) groups excluding carboxylic acids is 1. The minimum Gasteiger partial charge on any atom is -0.497 e. The maximum atomic E-state index is 11.7. The number of aromatic nitrogens is 3. The van der Waals surface area contributed by atoms with Gasteiger partial charge in [0.25, 0.3) is 0 Å². The van der Waals surface area contributed by atoms with Crippen LogP contribution in [0.25, 0.3) is 4.96 Å². The van der Waals surface area contributed by atoms with Crippen LogP contribution in [0.15, 0.2) is 24.3 Å². The fourth-order valence-corrected chi connectivity index (χ4v) is 4.53. The largest absolute Gasteiger partial charge is 0.497 e. The molecule has 0 radical (unpaired) electrons. The number of fused-ring (bicyclic) bond motifs is 1. The topological polar surface area (TPSA) is 80.0 Å². The molecular formula is C18H20N4O3S. The Hall–Kier alpha value is -2.45. The second kappa shape index (κ2) is 6.69. The van der Waals surface area contributed by atoms with E-state index in [2.05, 4.69) is 15.0 Å². The number of carbonyl (C=O) groups is 1. The summed E-state index contributed by atoms with van der Waals surface area (Å²) in [6.07, 6.45) is 1.07. The predicted octanol–water partition coefficient (Wildman–Crippen LogP) is 2.57. The zero-order chi connectivity index (χ0) is 18.3. The highest BCUT2D eigenvalue weighted by Gasteiger charge is 2.31. The first kappa shape index (κ1) is 17.0. The number of hydrogen-bond donors (Lipinski definition) is 1. The average molecular weight is 372 g/mol. The summed E-state index contributed by atoms with van der Waals surface area (Å²) < 4.78 is 6.74. The van der Waals surface area contributed by atoms with Crippen molar-refractivity contribution in [3.63, 3.8) is 0 Å². The number of thiazole rings is 1. The summed E-state index contributed by atoms with van der Waals surface area (Å²) in [5, 5.41) is 15.0. The summed E-state index contributed by atoms with van der Waals surface area (Å²) in [6, 6.07) is 7.68. The molecule has 1 N–H and O–H groups in total. The van der Waals surface area contributed by atoms with Crippen LogP contribution in [-0.2, 0) is 4.79 Å². The van der Waals surface area contributed by atoms with Crippen molar-refractivity contribution in [3.8, 4) is 11.6 Å². The Kier molecular flexibility index (Phi) is 4.37. The molecule has 3 aromatic rings. The van der Waals surface area contributed by atoms with Crippen LogP contribution in [0, 0.1) is 6.92 Å². The Labute approximate surface area is 154 Å². The van der Waals surface area contributed by atoms with E-state index in [1.807, 2.05) is 24.3 Å². The molecule has 1 aromatic carbocycles. The number of nitrogens with zero attached hydrogens (tertiary/aromatic N) is 4. The summed E-state index contributed by atoms with van der Waals surface area (Å²) in [6.45, 7) is 3.14. The quantitative estimate of drug-likeness (QED) is 0.758. The van der Waals surface area contributed by atoms with E-state index >= 15 is 0 Å². The second-order valence-corrected chi connectivity index (χ2v) is 7.40. The minimum absolute atomic E-state index is 0.114. The molecule has 136 valence electrons. The summed E-state index contributed by atoms with van der Waals surface area (Å²) in [7, 11) is 1.64. The first-order valence-electron chi connectivity index (χ1n) is 8.51. The van der Waals surface area contributed by atoms with Crippen LogP contribution in [-0.4, -0.2) is 50.6 Å². The average Bonchev–Trinajstić information content (AvgIpc) is 3.15. The monoisotopic (exact) mass is 372 g/mol. The molecule has 1 atom stereocenters. The highest BCUT2D eigenvalue weighted by atomic mass is 32.1. The SMILES string of the molecule is COc1ccc(C(c2sc3nc(C)nn3c2O)N2CCC(=O)CC2)cc1. The number of methoxy groups -OCH3 is 1. The molecule has 0 amide bonds. The van der Waals surface area contributed by atoms with Gasteiger partial charge in [0.05, 0.1) is 18.0 Å². The van der Waals surface area contributed by atoms with Crippen LogP contribution in [0.3, 0.4) is 0 Å². The number of Topliss-reactive ketones (excluding diaryl/α,β-unsaturated/α-hetero) is 1. The lowest BCUT2D eigenvalue weighted by Crippen LogP contribution is -2.37. The molecule has 1 unspecified atom stereocenters. The molecule has 4 rings (SSSR count). The van der Waals surface area contributed by atoms with Gasteiger partial charge in [0.15, 0.2) is 0 Å². The van der Waals surface area contributed by atoms with E-state index in [9.17, 15) is 9.90 Å². The smallest absolute Gasteiger partial charge is 0.230 e. The van der Waals surface area contributed by atoms with Crippen molar-refractivity contribution in [2.75, 3.05) is 20.2 Å². The maximum Gasteiger partial charge on any atom is 0.230 e. The first-order valence-corrected chi connectivity index (χ1v) is 9.33.